The molecule has 0 N–H and O–H groups in total. The smallest absolute Gasteiger partial charge is 0.206 e. The van der Waals surface area contributed by atoms with E-state index in [1.54, 1.807) is 5.57 Å². The standard InChI is InChI=1S/C31H46O2/c1-22(2)21-30(23(3)4)25-17-19-27(20-18-25)33-31(32-26-13-6-5-7-14-26)29-16-10-12-24-11-8-9-15-28(24)29/h8-9,11,15,17,19,22-23,26,29-31H,5-7,10,12-14,16,18,20-21H2,1-4H3. The minimum Gasteiger partial charge on any atom is -0.469 e. The van der Waals surface area contributed by atoms with Crippen LogP contribution in [0.25, 0.3) is 0 Å². The minimum absolute atomic E-state index is 0.160. The van der Waals surface area contributed by atoms with Crippen LogP contribution in [-0.2, 0) is 15.9 Å². The second kappa shape index (κ2) is 11.7. The number of hydrogen-bond donors (Lipinski definition) is 0. The SMILES string of the molecule is CC(C)CC(C1=CC=C(OC(OC2CCCCC2)C2CCCc3ccccc32)CC1)C(C)C. The van der Waals surface area contributed by atoms with Crippen molar-refractivity contribution in [2.75, 3.05) is 0 Å². The molecule has 0 aliphatic heterocycles. The van der Waals surface area contributed by atoms with Crippen molar-refractivity contribution in [1.29, 1.82) is 0 Å². The highest BCUT2D eigenvalue weighted by molar-refractivity contribution is 5.33. The van der Waals surface area contributed by atoms with Gasteiger partial charge in [-0.3, -0.25) is 0 Å². The maximum Gasteiger partial charge on any atom is 0.206 e. The van der Waals surface area contributed by atoms with Crippen molar-refractivity contribution in [3.63, 3.8) is 0 Å². The Kier molecular flexibility index (Phi) is 8.74. The van der Waals surface area contributed by atoms with Gasteiger partial charge in [-0.1, -0.05) is 82.9 Å². The first-order valence-corrected chi connectivity index (χ1v) is 13.8. The Balaban J connectivity index is 1.52. The molecule has 2 nitrogen and oxygen atoms in total. The fraction of sp³-hybridized carbons (Fsp3) is 0.677. The summed E-state index contributed by atoms with van der Waals surface area (Å²) < 4.78 is 13.5. The lowest BCUT2D eigenvalue weighted by molar-refractivity contribution is -0.172. The molecule has 3 unspecified atom stereocenters. The van der Waals surface area contributed by atoms with Gasteiger partial charge >= 0.3 is 0 Å². The van der Waals surface area contributed by atoms with Crippen LogP contribution < -0.4 is 0 Å². The van der Waals surface area contributed by atoms with E-state index < -0.39 is 0 Å². The van der Waals surface area contributed by atoms with E-state index in [-0.39, 0.29) is 6.29 Å². The summed E-state index contributed by atoms with van der Waals surface area (Å²) in [6.07, 6.45) is 18.1. The molecule has 1 aromatic carbocycles. The molecule has 0 bridgehead atoms. The Hall–Kier alpha value is -1.54. The quantitative estimate of drug-likeness (QED) is 0.350. The third-order valence-corrected chi connectivity index (χ3v) is 8.04. The largest absolute Gasteiger partial charge is 0.469 e. The first kappa shape index (κ1) is 24.6. The topological polar surface area (TPSA) is 18.5 Å². The van der Waals surface area contributed by atoms with E-state index in [1.165, 1.54) is 62.5 Å². The van der Waals surface area contributed by atoms with Crippen LogP contribution in [0.4, 0.5) is 0 Å². The molecule has 3 aliphatic carbocycles. The molecule has 0 radical (unpaired) electrons. The molecule has 0 spiro atoms. The summed E-state index contributed by atoms with van der Waals surface area (Å²) in [5.41, 5.74) is 4.55. The molecule has 0 heterocycles. The second-order valence-corrected chi connectivity index (χ2v) is 11.4. The highest BCUT2D eigenvalue weighted by atomic mass is 16.7. The molecular formula is C31H46O2. The average Bonchev–Trinajstić information content (AvgIpc) is 2.83. The minimum atomic E-state index is -0.160. The first-order valence-electron chi connectivity index (χ1n) is 13.8. The number of hydrogen-bond acceptors (Lipinski definition) is 2. The van der Waals surface area contributed by atoms with Gasteiger partial charge in [0.1, 0.15) is 0 Å². The Labute approximate surface area is 202 Å². The molecule has 4 rings (SSSR count). The molecule has 1 aromatic rings. The predicted molar refractivity (Wildman–Crippen MR) is 138 cm³/mol. The molecule has 1 saturated carbocycles. The monoisotopic (exact) mass is 450 g/mol. The Bertz CT molecular complexity index is 812. The number of ether oxygens (including phenoxy) is 2. The zero-order valence-electron chi connectivity index (χ0n) is 21.5. The van der Waals surface area contributed by atoms with E-state index in [4.69, 9.17) is 9.47 Å². The lowest BCUT2D eigenvalue weighted by atomic mass is 9.79. The third kappa shape index (κ3) is 6.53. The van der Waals surface area contributed by atoms with Crippen LogP contribution in [-0.4, -0.2) is 12.4 Å². The van der Waals surface area contributed by atoms with Crippen LogP contribution in [0.5, 0.6) is 0 Å². The fourth-order valence-corrected chi connectivity index (χ4v) is 6.22. The molecule has 33 heavy (non-hydrogen) atoms. The number of aryl methyl sites for hydroxylation is 1. The lowest BCUT2D eigenvalue weighted by Gasteiger charge is -2.36. The van der Waals surface area contributed by atoms with E-state index in [1.807, 2.05) is 0 Å². The fourth-order valence-electron chi connectivity index (χ4n) is 6.22. The summed E-state index contributed by atoms with van der Waals surface area (Å²) in [7, 11) is 0. The van der Waals surface area contributed by atoms with Gasteiger partial charge in [-0.25, -0.2) is 0 Å². The van der Waals surface area contributed by atoms with Crippen LogP contribution >= 0.6 is 0 Å². The molecular weight excluding hydrogens is 404 g/mol. The van der Waals surface area contributed by atoms with Crippen LogP contribution in [0.2, 0.25) is 0 Å². The van der Waals surface area contributed by atoms with Crippen molar-refractivity contribution in [3.05, 3.63) is 58.9 Å². The van der Waals surface area contributed by atoms with Gasteiger partial charge in [0.15, 0.2) is 0 Å². The van der Waals surface area contributed by atoms with Crippen molar-refractivity contribution < 1.29 is 9.47 Å². The number of rotatable bonds is 9. The summed E-state index contributed by atoms with van der Waals surface area (Å²) in [5, 5.41) is 0. The predicted octanol–water partition coefficient (Wildman–Crippen LogP) is 8.72. The van der Waals surface area contributed by atoms with Crippen molar-refractivity contribution in [2.45, 2.75) is 117 Å². The summed E-state index contributed by atoms with van der Waals surface area (Å²) in [6.45, 7) is 9.44. The zero-order chi connectivity index (χ0) is 23.2. The van der Waals surface area contributed by atoms with Crippen molar-refractivity contribution in [2.24, 2.45) is 17.8 Å². The molecule has 0 aromatic heterocycles. The maximum absolute atomic E-state index is 6.77. The molecule has 2 heteroatoms. The Morgan fingerprint density at radius 2 is 1.64 bits per heavy atom. The van der Waals surface area contributed by atoms with Crippen molar-refractivity contribution >= 4 is 0 Å². The van der Waals surface area contributed by atoms with E-state index in [0.29, 0.717) is 23.9 Å². The van der Waals surface area contributed by atoms with Crippen LogP contribution in [0, 0.1) is 17.8 Å². The van der Waals surface area contributed by atoms with Gasteiger partial charge in [-0.05, 0) is 79.9 Å². The van der Waals surface area contributed by atoms with E-state index in [9.17, 15) is 0 Å². The van der Waals surface area contributed by atoms with Gasteiger partial charge < -0.3 is 9.47 Å². The Morgan fingerprint density at radius 1 is 0.848 bits per heavy atom. The first-order chi connectivity index (χ1) is 16.0. The maximum atomic E-state index is 6.77. The lowest BCUT2D eigenvalue weighted by Crippen LogP contribution is -2.33. The van der Waals surface area contributed by atoms with Gasteiger partial charge in [-0.15, -0.1) is 0 Å². The van der Waals surface area contributed by atoms with Crippen LogP contribution in [0.1, 0.15) is 109 Å². The summed E-state index contributed by atoms with van der Waals surface area (Å²) in [5.74, 6) is 3.57. The van der Waals surface area contributed by atoms with E-state index >= 15 is 0 Å². The normalized spacial score (nSPS) is 23.6. The third-order valence-electron chi connectivity index (χ3n) is 8.04. The highest BCUT2D eigenvalue weighted by Crippen LogP contribution is 2.40. The van der Waals surface area contributed by atoms with Gasteiger partial charge in [-0.2, -0.15) is 0 Å². The van der Waals surface area contributed by atoms with Gasteiger partial charge in [0.05, 0.1) is 11.9 Å². The second-order valence-electron chi connectivity index (χ2n) is 11.4. The Morgan fingerprint density at radius 3 is 2.33 bits per heavy atom. The molecule has 182 valence electrons. The summed E-state index contributed by atoms with van der Waals surface area (Å²) in [4.78, 5) is 0. The number of allylic oxidation sites excluding steroid dienone is 4. The molecule has 1 fully saturated rings. The summed E-state index contributed by atoms with van der Waals surface area (Å²) >= 11 is 0. The molecule has 3 aliphatic rings. The average molecular weight is 451 g/mol. The zero-order valence-corrected chi connectivity index (χ0v) is 21.5. The number of benzene rings is 1. The van der Waals surface area contributed by atoms with Crippen LogP contribution in [0.3, 0.4) is 0 Å². The van der Waals surface area contributed by atoms with Gasteiger partial charge in [0.2, 0.25) is 6.29 Å². The van der Waals surface area contributed by atoms with Crippen molar-refractivity contribution in [3.8, 4) is 0 Å². The van der Waals surface area contributed by atoms with Gasteiger partial charge in [0.25, 0.3) is 0 Å². The molecule has 0 saturated heterocycles. The molecule has 0 amide bonds. The van der Waals surface area contributed by atoms with Crippen LogP contribution in [0.15, 0.2) is 47.7 Å². The van der Waals surface area contributed by atoms with Crippen molar-refractivity contribution in [1.82, 2.24) is 0 Å². The summed E-state index contributed by atoms with van der Waals surface area (Å²) in [6, 6.07) is 8.98. The van der Waals surface area contributed by atoms with E-state index in [2.05, 4.69) is 64.1 Å². The number of fused-ring (bicyclic) bond motifs is 1. The van der Waals surface area contributed by atoms with Gasteiger partial charge in [0, 0.05) is 12.3 Å². The van der Waals surface area contributed by atoms with E-state index in [0.717, 1.165) is 30.9 Å². The highest BCUT2D eigenvalue weighted by Gasteiger charge is 2.33. The molecule has 3 atom stereocenters.